The lowest BCUT2D eigenvalue weighted by atomic mass is 10.3. The summed E-state index contributed by atoms with van der Waals surface area (Å²) in [7, 11) is -1.54. The van der Waals surface area contributed by atoms with Crippen molar-refractivity contribution in [1.29, 1.82) is 0 Å². The highest BCUT2D eigenvalue weighted by Gasteiger charge is 2.07. The quantitative estimate of drug-likeness (QED) is 0.802. The van der Waals surface area contributed by atoms with E-state index < -0.39 is 9.84 Å². The Balaban J connectivity index is 2.61. The van der Waals surface area contributed by atoms with E-state index in [0.717, 1.165) is 5.69 Å². The van der Waals surface area contributed by atoms with E-state index in [-0.39, 0.29) is 10.9 Å². The summed E-state index contributed by atoms with van der Waals surface area (Å²) in [6.07, 6.45) is 1.17. The second-order valence-electron chi connectivity index (χ2n) is 4.25. The zero-order valence-corrected chi connectivity index (χ0v) is 12.8. The molecule has 1 rings (SSSR count). The number of ether oxygens (including phenoxy) is 1. The molecule has 1 unspecified atom stereocenters. The fourth-order valence-corrected chi connectivity index (χ4v) is 2.42. The second kappa shape index (κ2) is 6.83. The van der Waals surface area contributed by atoms with E-state index >= 15 is 0 Å². The Hall–Kier alpha value is -1.18. The summed E-state index contributed by atoms with van der Waals surface area (Å²) in [6, 6.07) is 6.52. The minimum Gasteiger partial charge on any atom is -0.383 e. The summed E-state index contributed by atoms with van der Waals surface area (Å²) in [5.41, 5.74) is 0.731. The fraction of sp³-hybridized carbons (Fsp3) is 0.417. The van der Waals surface area contributed by atoms with E-state index in [1.165, 1.54) is 6.26 Å². The van der Waals surface area contributed by atoms with Gasteiger partial charge in [-0.2, -0.15) is 0 Å². The number of anilines is 1. The van der Waals surface area contributed by atoms with Gasteiger partial charge in [0.05, 0.1) is 11.5 Å². The van der Waals surface area contributed by atoms with Gasteiger partial charge in [-0.25, -0.2) is 8.42 Å². The molecule has 19 heavy (non-hydrogen) atoms. The van der Waals surface area contributed by atoms with Gasteiger partial charge in [0.25, 0.3) is 0 Å². The highest BCUT2D eigenvalue weighted by Crippen LogP contribution is 2.13. The topological polar surface area (TPSA) is 67.4 Å². The van der Waals surface area contributed by atoms with E-state index in [4.69, 9.17) is 17.0 Å². The van der Waals surface area contributed by atoms with Crippen LogP contribution in [0.4, 0.5) is 5.69 Å². The van der Waals surface area contributed by atoms with Gasteiger partial charge in [0.2, 0.25) is 0 Å². The van der Waals surface area contributed by atoms with E-state index in [9.17, 15) is 8.42 Å². The lowest BCUT2D eigenvalue weighted by Crippen LogP contribution is -2.38. The summed E-state index contributed by atoms with van der Waals surface area (Å²) in [5, 5.41) is 6.50. The number of rotatable bonds is 5. The zero-order valence-electron chi connectivity index (χ0n) is 11.1. The Bertz CT molecular complexity index is 526. The molecule has 0 aliphatic rings. The maximum Gasteiger partial charge on any atom is 0.175 e. The van der Waals surface area contributed by atoms with Gasteiger partial charge in [-0.15, -0.1) is 0 Å². The van der Waals surface area contributed by atoms with Crippen LogP contribution in [0.3, 0.4) is 0 Å². The van der Waals surface area contributed by atoms with Crippen molar-refractivity contribution in [3.8, 4) is 0 Å². The van der Waals surface area contributed by atoms with Crippen LogP contribution >= 0.6 is 12.2 Å². The average Bonchev–Trinajstić information content (AvgIpc) is 2.28. The van der Waals surface area contributed by atoms with Crippen molar-refractivity contribution in [3.63, 3.8) is 0 Å². The molecule has 7 heteroatoms. The standard InChI is InChI=1S/C12H18N2O3S2/c1-9(8-17-2)13-12(18)14-10-4-6-11(7-5-10)19(3,15)16/h4-7,9H,8H2,1-3H3,(H2,13,14,18). The minimum absolute atomic E-state index is 0.0975. The fourth-order valence-electron chi connectivity index (χ4n) is 1.47. The molecule has 1 aromatic rings. The third kappa shape index (κ3) is 5.54. The summed E-state index contributed by atoms with van der Waals surface area (Å²) >= 11 is 5.14. The van der Waals surface area contributed by atoms with E-state index in [1.807, 2.05) is 6.92 Å². The number of benzene rings is 1. The predicted molar refractivity (Wildman–Crippen MR) is 80.2 cm³/mol. The van der Waals surface area contributed by atoms with Gasteiger partial charge in [0.1, 0.15) is 0 Å². The van der Waals surface area contributed by atoms with Crippen molar-refractivity contribution in [2.24, 2.45) is 0 Å². The Kier molecular flexibility index (Phi) is 5.71. The number of nitrogens with one attached hydrogen (secondary N) is 2. The van der Waals surface area contributed by atoms with Gasteiger partial charge in [0, 0.05) is 25.1 Å². The molecule has 0 aliphatic heterocycles. The molecule has 106 valence electrons. The van der Waals surface area contributed by atoms with Crippen LogP contribution in [0.5, 0.6) is 0 Å². The van der Waals surface area contributed by atoms with Gasteiger partial charge in [-0.05, 0) is 43.4 Å². The van der Waals surface area contributed by atoms with Crippen LogP contribution in [0.15, 0.2) is 29.2 Å². The molecule has 1 aromatic carbocycles. The molecule has 5 nitrogen and oxygen atoms in total. The smallest absolute Gasteiger partial charge is 0.175 e. The highest BCUT2D eigenvalue weighted by atomic mass is 32.2. The molecule has 0 saturated carbocycles. The van der Waals surface area contributed by atoms with Gasteiger partial charge < -0.3 is 15.4 Å². The molecule has 2 N–H and O–H groups in total. The van der Waals surface area contributed by atoms with Crippen molar-refractivity contribution < 1.29 is 13.2 Å². The molecule has 0 bridgehead atoms. The Morgan fingerprint density at radius 1 is 1.37 bits per heavy atom. The van der Waals surface area contributed by atoms with Crippen LogP contribution in [0.2, 0.25) is 0 Å². The van der Waals surface area contributed by atoms with Gasteiger partial charge in [0.15, 0.2) is 14.9 Å². The number of thiocarbonyl (C=S) groups is 1. The molecule has 0 heterocycles. The molecule has 0 fully saturated rings. The third-order valence-corrected chi connectivity index (χ3v) is 3.68. The molecule has 0 radical (unpaired) electrons. The van der Waals surface area contributed by atoms with Crippen LogP contribution in [0, 0.1) is 0 Å². The molecule has 1 atom stereocenters. The number of hydrogen-bond donors (Lipinski definition) is 2. The number of methoxy groups -OCH3 is 1. The highest BCUT2D eigenvalue weighted by molar-refractivity contribution is 7.90. The SMILES string of the molecule is COCC(C)NC(=S)Nc1ccc(S(C)(=O)=O)cc1. The van der Waals surface area contributed by atoms with Crippen molar-refractivity contribution in [2.45, 2.75) is 17.9 Å². The summed E-state index contributed by atoms with van der Waals surface area (Å²) < 4.78 is 27.6. The van der Waals surface area contributed by atoms with Crippen LogP contribution in [-0.2, 0) is 14.6 Å². The van der Waals surface area contributed by atoms with Gasteiger partial charge in [-0.1, -0.05) is 0 Å². The van der Waals surface area contributed by atoms with Crippen molar-refractivity contribution in [1.82, 2.24) is 5.32 Å². The first-order valence-electron chi connectivity index (χ1n) is 5.69. The Morgan fingerprint density at radius 2 is 1.95 bits per heavy atom. The monoisotopic (exact) mass is 302 g/mol. The summed E-state index contributed by atoms with van der Waals surface area (Å²) in [4.78, 5) is 0.282. The largest absolute Gasteiger partial charge is 0.383 e. The zero-order chi connectivity index (χ0) is 14.5. The van der Waals surface area contributed by atoms with Crippen molar-refractivity contribution >= 4 is 32.9 Å². The normalized spacial score (nSPS) is 12.8. The predicted octanol–water partition coefficient (Wildman–Crippen LogP) is 1.41. The van der Waals surface area contributed by atoms with Crippen LogP contribution in [0.25, 0.3) is 0 Å². The summed E-state index contributed by atoms with van der Waals surface area (Å²) in [6.45, 7) is 2.50. The van der Waals surface area contributed by atoms with Crippen LogP contribution < -0.4 is 10.6 Å². The molecule has 0 amide bonds. The molecule has 0 aromatic heterocycles. The third-order valence-electron chi connectivity index (χ3n) is 2.33. The lowest BCUT2D eigenvalue weighted by Gasteiger charge is -2.16. The first kappa shape index (κ1) is 15.9. The maximum atomic E-state index is 11.3. The number of hydrogen-bond acceptors (Lipinski definition) is 4. The van der Waals surface area contributed by atoms with E-state index in [2.05, 4.69) is 10.6 Å². The average molecular weight is 302 g/mol. The molecular weight excluding hydrogens is 284 g/mol. The minimum atomic E-state index is -3.17. The van der Waals surface area contributed by atoms with Crippen molar-refractivity contribution in [2.75, 3.05) is 25.3 Å². The lowest BCUT2D eigenvalue weighted by molar-refractivity contribution is 0.179. The van der Waals surface area contributed by atoms with E-state index in [1.54, 1.807) is 31.4 Å². The maximum absolute atomic E-state index is 11.3. The van der Waals surface area contributed by atoms with E-state index in [0.29, 0.717) is 11.7 Å². The molecule has 0 aliphatic carbocycles. The van der Waals surface area contributed by atoms with Crippen molar-refractivity contribution in [3.05, 3.63) is 24.3 Å². The Labute approximate surface area is 119 Å². The second-order valence-corrected chi connectivity index (χ2v) is 6.68. The van der Waals surface area contributed by atoms with Crippen LogP contribution in [-0.4, -0.2) is 39.5 Å². The molecule has 0 saturated heterocycles. The molecular formula is C12H18N2O3S2. The summed E-state index contributed by atoms with van der Waals surface area (Å²) in [5.74, 6) is 0. The Morgan fingerprint density at radius 3 is 2.42 bits per heavy atom. The molecule has 0 spiro atoms. The first-order chi connectivity index (χ1) is 8.82. The number of sulfone groups is 1. The van der Waals surface area contributed by atoms with Crippen LogP contribution in [0.1, 0.15) is 6.92 Å². The van der Waals surface area contributed by atoms with Gasteiger partial charge in [-0.3, -0.25) is 0 Å². The first-order valence-corrected chi connectivity index (χ1v) is 7.99. The van der Waals surface area contributed by atoms with Gasteiger partial charge >= 0.3 is 0 Å².